The van der Waals surface area contributed by atoms with Gasteiger partial charge in [-0.1, -0.05) is 22.9 Å². The first-order valence-corrected chi connectivity index (χ1v) is 13.0. The number of benzene rings is 2. The Hall–Kier alpha value is -3.41. The monoisotopic (exact) mass is 604 g/mol. The van der Waals surface area contributed by atoms with Crippen LogP contribution in [0.3, 0.4) is 0 Å². The number of aromatic hydroxyl groups is 1. The van der Waals surface area contributed by atoms with E-state index < -0.39 is 23.3 Å². The van der Waals surface area contributed by atoms with E-state index in [1.54, 1.807) is 26.0 Å². The Balaban J connectivity index is 1.79. The number of aryl methyl sites for hydroxylation is 1. The number of methoxy groups -OCH3 is 1. The molecule has 1 N–H and O–H groups in total. The molecule has 1 amide bonds. The molecular weight excluding hydrogens is 588 g/mol. The standard InChI is InChI=1S/C25H18BrClN2O7S/c1-4-35-24(33)22-10(2)28-25(37-22)29-18(11-7-14(26)20(31)16(8-11)34-3)17-19(30)13-9-12(27)5-6-15(13)36-21(17)23(29)32/h5-9,18,31H,4H2,1-3H3. The Morgan fingerprint density at radius 3 is 2.76 bits per heavy atom. The molecule has 4 aromatic rings. The van der Waals surface area contributed by atoms with Gasteiger partial charge in [0.1, 0.15) is 10.5 Å². The van der Waals surface area contributed by atoms with E-state index >= 15 is 0 Å². The lowest BCUT2D eigenvalue weighted by Crippen LogP contribution is -2.29. The number of ether oxygens (including phenoxy) is 2. The van der Waals surface area contributed by atoms with E-state index in [1.807, 2.05) is 0 Å². The molecule has 9 nitrogen and oxygen atoms in total. The Morgan fingerprint density at radius 1 is 1.30 bits per heavy atom. The largest absolute Gasteiger partial charge is 0.503 e. The number of carbonyl (C=O) groups excluding carboxylic acids is 2. The third-order valence-electron chi connectivity index (χ3n) is 5.87. The minimum absolute atomic E-state index is 0.0740. The zero-order valence-corrected chi connectivity index (χ0v) is 22.8. The topological polar surface area (TPSA) is 119 Å². The maximum Gasteiger partial charge on any atom is 0.350 e. The van der Waals surface area contributed by atoms with Crippen LogP contribution in [0.15, 0.2) is 44.0 Å². The van der Waals surface area contributed by atoms with Gasteiger partial charge in [0.15, 0.2) is 22.1 Å². The van der Waals surface area contributed by atoms with Crippen LogP contribution in [0, 0.1) is 6.92 Å². The number of fused-ring (bicyclic) bond motifs is 2. The quantitative estimate of drug-likeness (QED) is 0.292. The van der Waals surface area contributed by atoms with Crippen LogP contribution in [0.5, 0.6) is 11.5 Å². The number of aromatic nitrogens is 1. The number of amides is 1. The molecule has 0 saturated carbocycles. The summed E-state index contributed by atoms with van der Waals surface area (Å²) in [6.45, 7) is 3.50. The Kier molecular flexibility index (Phi) is 6.47. The van der Waals surface area contributed by atoms with Crippen molar-refractivity contribution < 1.29 is 28.6 Å². The molecule has 0 fully saturated rings. The van der Waals surface area contributed by atoms with Gasteiger partial charge in [0.2, 0.25) is 5.76 Å². The lowest BCUT2D eigenvalue weighted by molar-refractivity contribution is 0.0531. The lowest BCUT2D eigenvalue weighted by atomic mass is 9.98. The number of nitrogens with zero attached hydrogens (tertiary/aromatic N) is 2. The molecule has 3 heterocycles. The highest BCUT2D eigenvalue weighted by Crippen LogP contribution is 2.46. The van der Waals surface area contributed by atoms with Gasteiger partial charge in [0.05, 0.1) is 40.9 Å². The van der Waals surface area contributed by atoms with Gasteiger partial charge in [-0.25, -0.2) is 9.78 Å². The molecule has 1 aliphatic heterocycles. The zero-order chi connectivity index (χ0) is 26.6. The molecular formula is C25H18BrClN2O7S. The summed E-state index contributed by atoms with van der Waals surface area (Å²) in [4.78, 5) is 46.0. The van der Waals surface area contributed by atoms with E-state index in [4.69, 9.17) is 25.5 Å². The average Bonchev–Trinajstić information content (AvgIpc) is 3.39. The van der Waals surface area contributed by atoms with Crippen LogP contribution in [-0.2, 0) is 4.74 Å². The normalized spacial score (nSPS) is 14.8. The summed E-state index contributed by atoms with van der Waals surface area (Å²) in [6.07, 6.45) is 0. The number of carbonyl (C=O) groups is 2. The highest BCUT2D eigenvalue weighted by atomic mass is 79.9. The number of anilines is 1. The molecule has 12 heteroatoms. The molecule has 190 valence electrons. The van der Waals surface area contributed by atoms with E-state index in [0.29, 0.717) is 20.8 Å². The Bertz CT molecular complexity index is 1670. The fourth-order valence-electron chi connectivity index (χ4n) is 4.24. The van der Waals surface area contributed by atoms with Crippen molar-refractivity contribution in [3.63, 3.8) is 0 Å². The summed E-state index contributed by atoms with van der Waals surface area (Å²) >= 11 is 10.4. The third-order valence-corrected chi connectivity index (χ3v) is 7.85. The fourth-order valence-corrected chi connectivity index (χ4v) is 5.86. The molecule has 0 spiro atoms. The smallest absolute Gasteiger partial charge is 0.350 e. The van der Waals surface area contributed by atoms with Crippen molar-refractivity contribution in [1.82, 2.24) is 4.98 Å². The summed E-state index contributed by atoms with van der Waals surface area (Å²) < 4.78 is 16.6. The molecule has 1 atom stereocenters. The number of thiazole rings is 1. The van der Waals surface area contributed by atoms with Crippen molar-refractivity contribution >= 4 is 66.8 Å². The molecule has 2 aromatic carbocycles. The second kappa shape index (κ2) is 9.47. The summed E-state index contributed by atoms with van der Waals surface area (Å²) in [7, 11) is 1.39. The number of hydrogen-bond donors (Lipinski definition) is 1. The van der Waals surface area contributed by atoms with Crippen LogP contribution in [0.25, 0.3) is 11.0 Å². The van der Waals surface area contributed by atoms with Gasteiger partial charge in [-0.2, -0.15) is 0 Å². The number of phenols is 1. The van der Waals surface area contributed by atoms with Crippen molar-refractivity contribution in [3.8, 4) is 11.5 Å². The maximum absolute atomic E-state index is 13.8. The van der Waals surface area contributed by atoms with E-state index in [0.717, 1.165) is 11.3 Å². The molecule has 0 aliphatic carbocycles. The van der Waals surface area contributed by atoms with Crippen LogP contribution >= 0.6 is 38.9 Å². The molecule has 0 saturated heterocycles. The first kappa shape index (κ1) is 25.2. The van der Waals surface area contributed by atoms with Crippen LogP contribution in [0.4, 0.5) is 5.13 Å². The van der Waals surface area contributed by atoms with E-state index in [-0.39, 0.29) is 50.4 Å². The lowest BCUT2D eigenvalue weighted by Gasteiger charge is -2.23. The SMILES string of the molecule is CCOC(=O)c1sc(N2C(=O)c3oc4ccc(Cl)cc4c(=O)c3C2c2cc(Br)c(O)c(OC)c2)nc1C. The average molecular weight is 606 g/mol. The van der Waals surface area contributed by atoms with Crippen molar-refractivity contribution in [2.45, 2.75) is 19.9 Å². The van der Waals surface area contributed by atoms with Crippen LogP contribution in [0.1, 0.15) is 50.0 Å². The van der Waals surface area contributed by atoms with Gasteiger partial charge in [-0.15, -0.1) is 0 Å². The van der Waals surface area contributed by atoms with E-state index in [2.05, 4.69) is 20.9 Å². The Morgan fingerprint density at radius 2 is 2.05 bits per heavy atom. The molecule has 37 heavy (non-hydrogen) atoms. The predicted octanol–water partition coefficient (Wildman–Crippen LogP) is 5.61. The van der Waals surface area contributed by atoms with Gasteiger partial charge in [-0.3, -0.25) is 14.5 Å². The molecule has 0 bridgehead atoms. The molecule has 0 radical (unpaired) electrons. The Labute approximate surface area is 227 Å². The van der Waals surface area contributed by atoms with Gasteiger partial charge in [0, 0.05) is 5.02 Å². The number of halogens is 2. The second-order valence-electron chi connectivity index (χ2n) is 8.08. The number of esters is 1. The second-order valence-corrected chi connectivity index (χ2v) is 10.3. The number of phenolic OH excluding ortho intramolecular Hbond substituents is 1. The zero-order valence-electron chi connectivity index (χ0n) is 19.6. The minimum atomic E-state index is -1.01. The van der Waals surface area contributed by atoms with Crippen molar-refractivity contribution in [3.05, 3.63) is 77.5 Å². The predicted molar refractivity (Wildman–Crippen MR) is 141 cm³/mol. The molecule has 1 unspecified atom stereocenters. The highest BCUT2D eigenvalue weighted by Gasteiger charge is 2.46. The first-order chi connectivity index (χ1) is 17.7. The highest BCUT2D eigenvalue weighted by molar-refractivity contribution is 9.10. The van der Waals surface area contributed by atoms with E-state index in [1.165, 1.54) is 30.2 Å². The van der Waals surface area contributed by atoms with Gasteiger partial charge < -0.3 is 19.0 Å². The minimum Gasteiger partial charge on any atom is -0.503 e. The van der Waals surface area contributed by atoms with Crippen LogP contribution in [-0.4, -0.2) is 35.7 Å². The number of hydrogen-bond acceptors (Lipinski definition) is 9. The van der Waals surface area contributed by atoms with Gasteiger partial charge in [-0.05, 0) is 65.7 Å². The summed E-state index contributed by atoms with van der Waals surface area (Å²) in [5, 5.41) is 11.1. The van der Waals surface area contributed by atoms with Gasteiger partial charge in [0.25, 0.3) is 5.91 Å². The van der Waals surface area contributed by atoms with Crippen molar-refractivity contribution in [2.75, 3.05) is 18.6 Å². The maximum atomic E-state index is 13.8. The molecule has 5 rings (SSSR count). The number of rotatable bonds is 5. The first-order valence-electron chi connectivity index (χ1n) is 11.0. The van der Waals surface area contributed by atoms with E-state index in [9.17, 15) is 19.5 Å². The summed E-state index contributed by atoms with van der Waals surface area (Å²) in [6, 6.07) is 6.66. The summed E-state index contributed by atoms with van der Waals surface area (Å²) in [5.41, 5.74) is 0.648. The molecule has 1 aliphatic rings. The third kappa shape index (κ3) is 4.07. The van der Waals surface area contributed by atoms with Crippen LogP contribution in [0.2, 0.25) is 5.02 Å². The fraction of sp³-hybridized carbons (Fsp3) is 0.200. The van der Waals surface area contributed by atoms with Crippen molar-refractivity contribution in [1.29, 1.82) is 0 Å². The molecule has 2 aromatic heterocycles. The van der Waals surface area contributed by atoms with Gasteiger partial charge >= 0.3 is 5.97 Å². The summed E-state index contributed by atoms with van der Waals surface area (Å²) in [5.74, 6) is -1.34. The van der Waals surface area contributed by atoms with Crippen LogP contribution < -0.4 is 15.1 Å². The van der Waals surface area contributed by atoms with Crippen molar-refractivity contribution in [2.24, 2.45) is 0 Å².